The average Bonchev–Trinajstić information content (AvgIpc) is 2.35. The number of methoxy groups -OCH3 is 1. The summed E-state index contributed by atoms with van der Waals surface area (Å²) < 4.78 is 5.38. The van der Waals surface area contributed by atoms with Crippen molar-refractivity contribution in [3.05, 3.63) is 42.0 Å². The maximum Gasteiger partial charge on any atom is 0.128 e. The molecular formula is C14H16N2O. The third-order valence-electron chi connectivity index (χ3n) is 2.57. The van der Waals surface area contributed by atoms with Gasteiger partial charge in [-0.3, -0.25) is 0 Å². The SMILES string of the molecule is COc1ccc2ccccc2c1/C=N/N(C)C. The smallest absolute Gasteiger partial charge is 0.128 e. The van der Waals surface area contributed by atoms with Crippen LogP contribution in [0.25, 0.3) is 10.8 Å². The molecule has 0 fully saturated rings. The summed E-state index contributed by atoms with van der Waals surface area (Å²) in [5.74, 6) is 0.842. The Bertz CT molecular complexity index is 547. The lowest BCUT2D eigenvalue weighted by molar-refractivity contribution is 0.413. The van der Waals surface area contributed by atoms with E-state index in [1.165, 1.54) is 5.39 Å². The molecule has 2 aromatic carbocycles. The van der Waals surface area contributed by atoms with Crippen LogP contribution >= 0.6 is 0 Å². The third-order valence-corrected chi connectivity index (χ3v) is 2.57. The fourth-order valence-corrected chi connectivity index (χ4v) is 1.76. The number of rotatable bonds is 3. The minimum absolute atomic E-state index is 0.842. The largest absolute Gasteiger partial charge is 0.496 e. The summed E-state index contributed by atoms with van der Waals surface area (Å²) in [6, 6.07) is 12.2. The van der Waals surface area contributed by atoms with Gasteiger partial charge < -0.3 is 9.75 Å². The van der Waals surface area contributed by atoms with Crippen LogP contribution in [0.2, 0.25) is 0 Å². The van der Waals surface area contributed by atoms with Gasteiger partial charge in [-0.2, -0.15) is 5.10 Å². The molecule has 0 unspecified atom stereocenters. The summed E-state index contributed by atoms with van der Waals surface area (Å²) in [5, 5.41) is 8.39. The Labute approximate surface area is 101 Å². The van der Waals surface area contributed by atoms with E-state index in [-0.39, 0.29) is 0 Å². The molecule has 0 aliphatic heterocycles. The minimum atomic E-state index is 0.842. The maximum absolute atomic E-state index is 5.38. The molecule has 0 N–H and O–H groups in total. The summed E-state index contributed by atoms with van der Waals surface area (Å²) in [4.78, 5) is 0. The highest BCUT2D eigenvalue weighted by Crippen LogP contribution is 2.26. The van der Waals surface area contributed by atoms with E-state index in [2.05, 4.69) is 23.3 Å². The number of benzene rings is 2. The van der Waals surface area contributed by atoms with Crippen molar-refractivity contribution < 1.29 is 4.74 Å². The zero-order chi connectivity index (χ0) is 12.3. The first-order chi connectivity index (χ1) is 8.22. The lowest BCUT2D eigenvalue weighted by atomic mass is 10.0. The number of nitrogens with zero attached hydrogens (tertiary/aromatic N) is 2. The predicted molar refractivity (Wildman–Crippen MR) is 71.8 cm³/mol. The van der Waals surface area contributed by atoms with Crippen molar-refractivity contribution >= 4 is 17.0 Å². The first-order valence-corrected chi connectivity index (χ1v) is 5.49. The molecule has 0 heterocycles. The van der Waals surface area contributed by atoms with Gasteiger partial charge in [-0.15, -0.1) is 0 Å². The molecule has 17 heavy (non-hydrogen) atoms. The first kappa shape index (κ1) is 11.5. The van der Waals surface area contributed by atoms with Crippen molar-refractivity contribution in [3.8, 4) is 5.75 Å². The Morgan fingerprint density at radius 3 is 2.59 bits per heavy atom. The number of hydrogen-bond donors (Lipinski definition) is 0. The topological polar surface area (TPSA) is 24.8 Å². The Balaban J connectivity index is 2.63. The number of hydrazone groups is 1. The van der Waals surface area contributed by atoms with Crippen molar-refractivity contribution in [1.82, 2.24) is 5.01 Å². The molecule has 0 radical (unpaired) electrons. The van der Waals surface area contributed by atoms with Crippen LogP contribution < -0.4 is 4.74 Å². The Morgan fingerprint density at radius 2 is 1.88 bits per heavy atom. The molecule has 0 aromatic heterocycles. The molecule has 88 valence electrons. The number of ether oxygens (including phenoxy) is 1. The van der Waals surface area contributed by atoms with E-state index < -0.39 is 0 Å². The van der Waals surface area contributed by atoms with Crippen LogP contribution in [0.15, 0.2) is 41.5 Å². The van der Waals surface area contributed by atoms with Gasteiger partial charge in [-0.05, 0) is 16.8 Å². The lowest BCUT2D eigenvalue weighted by Crippen LogP contribution is -2.03. The highest BCUT2D eigenvalue weighted by molar-refractivity contribution is 6.02. The monoisotopic (exact) mass is 228 g/mol. The van der Waals surface area contributed by atoms with E-state index in [1.807, 2.05) is 38.5 Å². The van der Waals surface area contributed by atoms with Crippen molar-refractivity contribution in [2.75, 3.05) is 21.2 Å². The molecule has 2 rings (SSSR count). The fraction of sp³-hybridized carbons (Fsp3) is 0.214. The van der Waals surface area contributed by atoms with E-state index >= 15 is 0 Å². The Hall–Kier alpha value is -2.03. The van der Waals surface area contributed by atoms with E-state index in [0.29, 0.717) is 0 Å². The summed E-state index contributed by atoms with van der Waals surface area (Å²) in [5.41, 5.74) is 1.01. The normalized spacial score (nSPS) is 11.0. The molecule has 0 spiro atoms. The molecule has 0 aliphatic carbocycles. The van der Waals surface area contributed by atoms with Crippen LogP contribution in [0.4, 0.5) is 0 Å². The van der Waals surface area contributed by atoms with Gasteiger partial charge >= 0.3 is 0 Å². The van der Waals surface area contributed by atoms with Crippen LogP contribution in [0, 0.1) is 0 Å². The van der Waals surface area contributed by atoms with E-state index in [0.717, 1.165) is 16.7 Å². The molecule has 0 amide bonds. The maximum atomic E-state index is 5.38. The van der Waals surface area contributed by atoms with Gasteiger partial charge in [0.2, 0.25) is 0 Å². The summed E-state index contributed by atoms with van der Waals surface area (Å²) in [6.45, 7) is 0. The Morgan fingerprint density at radius 1 is 1.12 bits per heavy atom. The summed E-state index contributed by atoms with van der Waals surface area (Å²) in [7, 11) is 5.47. The van der Waals surface area contributed by atoms with Crippen molar-refractivity contribution in [2.24, 2.45) is 5.10 Å². The quantitative estimate of drug-likeness (QED) is 0.596. The van der Waals surface area contributed by atoms with Crippen molar-refractivity contribution in [2.45, 2.75) is 0 Å². The van der Waals surface area contributed by atoms with E-state index in [4.69, 9.17) is 4.74 Å². The average molecular weight is 228 g/mol. The molecule has 0 saturated carbocycles. The fourth-order valence-electron chi connectivity index (χ4n) is 1.76. The van der Waals surface area contributed by atoms with Crippen molar-refractivity contribution in [3.63, 3.8) is 0 Å². The molecule has 3 nitrogen and oxygen atoms in total. The zero-order valence-corrected chi connectivity index (χ0v) is 10.3. The second kappa shape index (κ2) is 4.87. The van der Waals surface area contributed by atoms with Gasteiger partial charge in [0.25, 0.3) is 0 Å². The third kappa shape index (κ3) is 2.38. The van der Waals surface area contributed by atoms with Crippen LogP contribution in [-0.2, 0) is 0 Å². The molecule has 2 aromatic rings. The first-order valence-electron chi connectivity index (χ1n) is 5.49. The van der Waals surface area contributed by atoms with E-state index in [1.54, 1.807) is 12.1 Å². The molecular weight excluding hydrogens is 212 g/mol. The number of hydrogen-bond acceptors (Lipinski definition) is 3. The molecule has 0 aliphatic rings. The molecule has 0 bridgehead atoms. The second-order valence-corrected chi connectivity index (χ2v) is 3.99. The highest BCUT2D eigenvalue weighted by Gasteiger charge is 2.05. The van der Waals surface area contributed by atoms with E-state index in [9.17, 15) is 0 Å². The van der Waals surface area contributed by atoms with Gasteiger partial charge in [0.1, 0.15) is 5.75 Å². The minimum Gasteiger partial charge on any atom is -0.496 e. The van der Waals surface area contributed by atoms with Gasteiger partial charge in [0.05, 0.1) is 13.3 Å². The highest BCUT2D eigenvalue weighted by atomic mass is 16.5. The van der Waals surface area contributed by atoms with Gasteiger partial charge in [0, 0.05) is 19.7 Å². The standard InChI is InChI=1S/C14H16N2O/c1-16(2)15-10-13-12-7-5-4-6-11(12)8-9-14(13)17-3/h4-10H,1-3H3/b15-10+. The van der Waals surface area contributed by atoms with Crippen LogP contribution in [0.1, 0.15) is 5.56 Å². The predicted octanol–water partition coefficient (Wildman–Crippen LogP) is 2.74. The van der Waals surface area contributed by atoms with Gasteiger partial charge in [-0.25, -0.2) is 0 Å². The van der Waals surface area contributed by atoms with Gasteiger partial charge in [0.15, 0.2) is 0 Å². The van der Waals surface area contributed by atoms with Crippen LogP contribution in [-0.4, -0.2) is 32.4 Å². The summed E-state index contributed by atoms with van der Waals surface area (Å²) >= 11 is 0. The molecule has 0 atom stereocenters. The van der Waals surface area contributed by atoms with Crippen molar-refractivity contribution in [1.29, 1.82) is 0 Å². The lowest BCUT2D eigenvalue weighted by Gasteiger charge is -2.09. The van der Waals surface area contributed by atoms with Crippen LogP contribution in [0.5, 0.6) is 5.75 Å². The second-order valence-electron chi connectivity index (χ2n) is 3.99. The Kier molecular flexibility index (Phi) is 3.28. The molecule has 3 heteroatoms. The van der Waals surface area contributed by atoms with Crippen LogP contribution in [0.3, 0.4) is 0 Å². The zero-order valence-electron chi connectivity index (χ0n) is 10.3. The molecule has 0 saturated heterocycles. The van der Waals surface area contributed by atoms with Gasteiger partial charge in [-0.1, -0.05) is 30.3 Å². The summed E-state index contributed by atoms with van der Waals surface area (Å²) in [6.07, 6.45) is 1.83. The number of fused-ring (bicyclic) bond motifs is 1.